The quantitative estimate of drug-likeness (QED) is 0.734. The van der Waals surface area contributed by atoms with Crippen LogP contribution in [-0.2, 0) is 14.3 Å². The summed E-state index contributed by atoms with van der Waals surface area (Å²) in [4.78, 5) is 12.1. The minimum atomic E-state index is -0.635. The van der Waals surface area contributed by atoms with Crippen molar-refractivity contribution in [3.05, 3.63) is 0 Å². The molecule has 0 radical (unpaired) electrons. The monoisotopic (exact) mass is 242 g/mol. The highest BCUT2D eigenvalue weighted by Gasteiger charge is 2.54. The number of nitrogens with one attached hydrogen (secondary N) is 1. The maximum Gasteiger partial charge on any atom is 0.226 e. The molecule has 4 unspecified atom stereocenters. The van der Waals surface area contributed by atoms with Crippen molar-refractivity contribution < 1.29 is 14.3 Å². The first-order chi connectivity index (χ1) is 7.80. The summed E-state index contributed by atoms with van der Waals surface area (Å²) in [6, 6.07) is 0.0118. The zero-order chi connectivity index (χ0) is 12.8. The van der Waals surface area contributed by atoms with Crippen molar-refractivity contribution in [3.8, 4) is 0 Å². The molecular formula is C12H22N2O3. The molecule has 2 rings (SSSR count). The predicted molar refractivity (Wildman–Crippen MR) is 63.2 cm³/mol. The first kappa shape index (κ1) is 12.8. The Morgan fingerprint density at radius 3 is 2.53 bits per heavy atom. The molecule has 1 saturated heterocycles. The van der Waals surface area contributed by atoms with Gasteiger partial charge in [0.15, 0.2) is 5.79 Å². The van der Waals surface area contributed by atoms with Gasteiger partial charge < -0.3 is 20.5 Å². The molecular weight excluding hydrogens is 220 g/mol. The summed E-state index contributed by atoms with van der Waals surface area (Å²) in [6.07, 6.45) is 0.260. The van der Waals surface area contributed by atoms with Crippen molar-refractivity contribution in [2.24, 2.45) is 11.7 Å². The lowest BCUT2D eigenvalue weighted by Gasteiger charge is -2.22. The van der Waals surface area contributed by atoms with Crippen molar-refractivity contribution >= 4 is 5.91 Å². The molecule has 1 aliphatic heterocycles. The standard InChI is InChI=1S/C12H22N2O3/c1-6(2)14-11(15)7-5-8(13)10-9(7)16-12(3,4)17-10/h6-10H,5,13H2,1-4H3,(H,14,15). The van der Waals surface area contributed by atoms with Crippen LogP contribution in [0.15, 0.2) is 0 Å². The van der Waals surface area contributed by atoms with Crippen LogP contribution in [0.4, 0.5) is 0 Å². The van der Waals surface area contributed by atoms with Crippen molar-refractivity contribution in [3.63, 3.8) is 0 Å². The molecule has 3 N–H and O–H groups in total. The van der Waals surface area contributed by atoms with E-state index in [1.165, 1.54) is 0 Å². The normalized spacial score (nSPS) is 39.4. The Morgan fingerprint density at radius 2 is 1.94 bits per heavy atom. The first-order valence-corrected chi connectivity index (χ1v) is 6.22. The largest absolute Gasteiger partial charge is 0.354 e. The third-order valence-electron chi connectivity index (χ3n) is 3.28. The molecule has 1 saturated carbocycles. The van der Waals surface area contributed by atoms with Gasteiger partial charge in [0, 0.05) is 12.1 Å². The maximum atomic E-state index is 12.1. The summed E-state index contributed by atoms with van der Waals surface area (Å²) in [5.74, 6) is -0.813. The fourth-order valence-corrected chi connectivity index (χ4v) is 2.67. The van der Waals surface area contributed by atoms with Gasteiger partial charge in [-0.05, 0) is 34.1 Å². The molecule has 5 heteroatoms. The van der Waals surface area contributed by atoms with Crippen LogP contribution in [0.1, 0.15) is 34.1 Å². The topological polar surface area (TPSA) is 73.6 Å². The van der Waals surface area contributed by atoms with Gasteiger partial charge in [0.1, 0.15) is 12.2 Å². The number of hydrogen-bond acceptors (Lipinski definition) is 4. The molecule has 0 aromatic heterocycles. The van der Waals surface area contributed by atoms with Crippen molar-refractivity contribution in [2.45, 2.75) is 64.2 Å². The van der Waals surface area contributed by atoms with Gasteiger partial charge in [-0.2, -0.15) is 0 Å². The van der Waals surface area contributed by atoms with Gasteiger partial charge in [-0.3, -0.25) is 4.79 Å². The van der Waals surface area contributed by atoms with Crippen LogP contribution >= 0.6 is 0 Å². The van der Waals surface area contributed by atoms with Crippen LogP contribution < -0.4 is 11.1 Å². The SMILES string of the molecule is CC(C)NC(=O)C1CC(N)C2OC(C)(C)OC12. The Bertz CT molecular complexity index is 317. The lowest BCUT2D eigenvalue weighted by molar-refractivity contribution is -0.161. The molecule has 0 aromatic carbocycles. The van der Waals surface area contributed by atoms with E-state index in [-0.39, 0.29) is 36.1 Å². The summed E-state index contributed by atoms with van der Waals surface area (Å²) >= 11 is 0. The third-order valence-corrected chi connectivity index (χ3v) is 3.28. The Hall–Kier alpha value is -0.650. The molecule has 2 fully saturated rings. The number of rotatable bonds is 2. The fraction of sp³-hybridized carbons (Fsp3) is 0.917. The highest BCUT2D eigenvalue weighted by atomic mass is 16.8. The van der Waals surface area contributed by atoms with Gasteiger partial charge in [0.05, 0.1) is 5.92 Å². The number of carbonyl (C=O) groups is 1. The fourth-order valence-electron chi connectivity index (χ4n) is 2.67. The van der Waals surface area contributed by atoms with E-state index < -0.39 is 5.79 Å². The second kappa shape index (κ2) is 4.23. The van der Waals surface area contributed by atoms with Crippen molar-refractivity contribution in [2.75, 3.05) is 0 Å². The Kier molecular flexibility index (Phi) is 3.18. The predicted octanol–water partition coefficient (Wildman–Crippen LogP) is 0.378. The molecule has 0 spiro atoms. The van der Waals surface area contributed by atoms with Crippen molar-refractivity contribution in [1.29, 1.82) is 0 Å². The van der Waals surface area contributed by atoms with E-state index >= 15 is 0 Å². The van der Waals surface area contributed by atoms with Crippen LogP contribution in [0.2, 0.25) is 0 Å². The van der Waals surface area contributed by atoms with Gasteiger partial charge in [0.25, 0.3) is 0 Å². The van der Waals surface area contributed by atoms with E-state index in [4.69, 9.17) is 15.2 Å². The van der Waals surface area contributed by atoms with E-state index in [9.17, 15) is 4.79 Å². The molecule has 0 bridgehead atoms. The number of carbonyl (C=O) groups excluding carboxylic acids is 1. The Balaban J connectivity index is 2.08. The summed E-state index contributed by atoms with van der Waals surface area (Å²) in [5, 5.41) is 2.92. The maximum absolute atomic E-state index is 12.1. The zero-order valence-corrected chi connectivity index (χ0v) is 10.9. The van der Waals surface area contributed by atoms with E-state index in [1.54, 1.807) is 0 Å². The number of fused-ring (bicyclic) bond motifs is 1. The van der Waals surface area contributed by atoms with Crippen LogP contribution in [0.5, 0.6) is 0 Å². The van der Waals surface area contributed by atoms with Crippen LogP contribution in [0.3, 0.4) is 0 Å². The average Bonchev–Trinajstić information content (AvgIpc) is 2.61. The van der Waals surface area contributed by atoms with Crippen LogP contribution in [0, 0.1) is 5.92 Å². The number of amides is 1. The molecule has 98 valence electrons. The summed E-state index contributed by atoms with van der Waals surface area (Å²) in [7, 11) is 0. The highest BCUT2D eigenvalue weighted by Crippen LogP contribution is 2.40. The van der Waals surface area contributed by atoms with E-state index in [0.717, 1.165) is 0 Å². The second-order valence-corrected chi connectivity index (χ2v) is 5.73. The molecule has 0 aromatic rings. The van der Waals surface area contributed by atoms with Crippen LogP contribution in [0.25, 0.3) is 0 Å². The minimum absolute atomic E-state index is 0.0178. The number of hydrogen-bond donors (Lipinski definition) is 2. The minimum Gasteiger partial charge on any atom is -0.354 e. The van der Waals surface area contributed by atoms with Gasteiger partial charge >= 0.3 is 0 Å². The van der Waals surface area contributed by atoms with E-state index in [2.05, 4.69) is 5.32 Å². The molecule has 1 amide bonds. The Morgan fingerprint density at radius 1 is 1.35 bits per heavy atom. The molecule has 5 nitrogen and oxygen atoms in total. The van der Waals surface area contributed by atoms with Gasteiger partial charge in [0.2, 0.25) is 5.91 Å². The molecule has 17 heavy (non-hydrogen) atoms. The molecule has 4 atom stereocenters. The van der Waals surface area contributed by atoms with Gasteiger partial charge in [-0.1, -0.05) is 0 Å². The lowest BCUT2D eigenvalue weighted by Crippen LogP contribution is -2.40. The number of nitrogens with two attached hydrogens (primary N) is 1. The first-order valence-electron chi connectivity index (χ1n) is 6.22. The lowest BCUT2D eigenvalue weighted by atomic mass is 10.0. The van der Waals surface area contributed by atoms with Crippen LogP contribution in [-0.4, -0.2) is 36.0 Å². The number of ether oxygens (including phenoxy) is 2. The zero-order valence-electron chi connectivity index (χ0n) is 10.9. The summed E-state index contributed by atoms with van der Waals surface area (Å²) in [6.45, 7) is 7.60. The van der Waals surface area contributed by atoms with E-state index in [0.29, 0.717) is 6.42 Å². The third kappa shape index (κ3) is 2.46. The smallest absolute Gasteiger partial charge is 0.226 e. The average molecular weight is 242 g/mol. The van der Waals surface area contributed by atoms with Gasteiger partial charge in [-0.15, -0.1) is 0 Å². The van der Waals surface area contributed by atoms with Gasteiger partial charge in [-0.25, -0.2) is 0 Å². The van der Waals surface area contributed by atoms with Crippen molar-refractivity contribution in [1.82, 2.24) is 5.32 Å². The second-order valence-electron chi connectivity index (χ2n) is 5.73. The Labute approximate surface area is 102 Å². The summed E-state index contributed by atoms with van der Waals surface area (Å²) < 4.78 is 11.5. The molecule has 2 aliphatic rings. The van der Waals surface area contributed by atoms with E-state index in [1.807, 2.05) is 27.7 Å². The summed E-state index contributed by atoms with van der Waals surface area (Å²) in [5.41, 5.74) is 6.02. The highest BCUT2D eigenvalue weighted by molar-refractivity contribution is 5.80. The molecule has 1 heterocycles. The molecule has 1 aliphatic carbocycles.